The molecule has 0 bridgehead atoms. The van der Waals surface area contributed by atoms with Crippen LogP contribution in [-0.2, 0) is 9.53 Å². The molecule has 1 amide bonds. The molecule has 0 unspecified atom stereocenters. The fourth-order valence-corrected chi connectivity index (χ4v) is 1.47. The molecular weight excluding hydrogens is 228 g/mol. The summed E-state index contributed by atoms with van der Waals surface area (Å²) in [5.74, 6) is 2.88. The molecule has 96 valence electrons. The molecule has 1 fully saturated rings. The second-order valence-corrected chi connectivity index (χ2v) is 4.14. The zero-order chi connectivity index (χ0) is 12.7. The predicted molar refractivity (Wildman–Crippen MR) is 59.6 cm³/mol. The maximum Gasteiger partial charge on any atom is 0.261 e. The maximum atomic E-state index is 11.8. The van der Waals surface area contributed by atoms with E-state index in [1.165, 1.54) is 0 Å². The molecule has 0 heterocycles. The van der Waals surface area contributed by atoms with Gasteiger partial charge in [0, 0.05) is 6.54 Å². The third kappa shape index (κ3) is 6.22. The van der Waals surface area contributed by atoms with Crippen LogP contribution in [0.5, 0.6) is 0 Å². The van der Waals surface area contributed by atoms with Gasteiger partial charge in [-0.3, -0.25) is 4.79 Å². The maximum absolute atomic E-state index is 11.8. The highest BCUT2D eigenvalue weighted by Gasteiger charge is 2.26. The lowest BCUT2D eigenvalue weighted by atomic mass is 10.3. The first-order valence-electron chi connectivity index (χ1n) is 5.70. The lowest BCUT2D eigenvalue weighted by Crippen LogP contribution is -2.34. The van der Waals surface area contributed by atoms with E-state index in [1.54, 1.807) is 4.90 Å². The Kier molecular flexibility index (Phi) is 5.92. The second kappa shape index (κ2) is 7.23. The highest BCUT2D eigenvalue weighted by Crippen LogP contribution is 2.29. The molecule has 17 heavy (non-hydrogen) atoms. The number of amides is 1. The Bertz CT molecular complexity index is 285. The van der Waals surface area contributed by atoms with Crippen LogP contribution in [0, 0.1) is 18.3 Å². The zero-order valence-corrected chi connectivity index (χ0v) is 9.70. The van der Waals surface area contributed by atoms with Crippen molar-refractivity contribution in [3.05, 3.63) is 0 Å². The summed E-state index contributed by atoms with van der Waals surface area (Å²) in [6.07, 6.45) is 5.08. The van der Waals surface area contributed by atoms with Crippen LogP contribution >= 0.6 is 0 Å². The molecule has 1 aliphatic rings. The highest BCUT2D eigenvalue weighted by molar-refractivity contribution is 5.76. The Hall–Kier alpha value is -1.15. The second-order valence-electron chi connectivity index (χ2n) is 4.14. The van der Waals surface area contributed by atoms with Crippen molar-refractivity contribution in [3.63, 3.8) is 0 Å². The van der Waals surface area contributed by atoms with Crippen LogP contribution in [0.2, 0.25) is 0 Å². The number of ether oxygens (including phenoxy) is 1. The average Bonchev–Trinajstić information content (AvgIpc) is 3.07. The zero-order valence-electron chi connectivity index (χ0n) is 9.70. The molecule has 3 nitrogen and oxygen atoms in total. The van der Waals surface area contributed by atoms with Gasteiger partial charge in [-0.05, 0) is 18.8 Å². The SMILES string of the molecule is C#CCN(CC1CC1)C(=O)CCOCC(F)F. The van der Waals surface area contributed by atoms with E-state index in [0.717, 1.165) is 12.8 Å². The van der Waals surface area contributed by atoms with Crippen molar-refractivity contribution in [2.45, 2.75) is 25.7 Å². The Labute approximate surface area is 100 Å². The van der Waals surface area contributed by atoms with Crippen molar-refractivity contribution in [2.24, 2.45) is 5.92 Å². The largest absolute Gasteiger partial charge is 0.375 e. The van der Waals surface area contributed by atoms with E-state index in [9.17, 15) is 13.6 Å². The minimum absolute atomic E-state index is 0.0227. The number of hydrogen-bond donors (Lipinski definition) is 0. The van der Waals surface area contributed by atoms with Gasteiger partial charge in [0.25, 0.3) is 6.43 Å². The Morgan fingerprint density at radius 2 is 2.24 bits per heavy atom. The number of halogens is 2. The van der Waals surface area contributed by atoms with Gasteiger partial charge in [-0.2, -0.15) is 0 Å². The van der Waals surface area contributed by atoms with Gasteiger partial charge in [-0.25, -0.2) is 8.78 Å². The minimum atomic E-state index is -2.49. The van der Waals surface area contributed by atoms with Gasteiger partial charge in [-0.15, -0.1) is 6.42 Å². The summed E-state index contributed by atoms with van der Waals surface area (Å²) in [5.41, 5.74) is 0. The number of terminal acetylenes is 1. The van der Waals surface area contributed by atoms with Crippen LogP contribution in [0.4, 0.5) is 8.78 Å². The van der Waals surface area contributed by atoms with Crippen molar-refractivity contribution >= 4 is 5.91 Å². The van der Waals surface area contributed by atoms with E-state index < -0.39 is 13.0 Å². The number of carbonyl (C=O) groups excluding carboxylic acids is 1. The molecule has 0 atom stereocenters. The molecule has 0 aliphatic heterocycles. The number of hydrogen-bond acceptors (Lipinski definition) is 2. The molecule has 0 aromatic rings. The van der Waals surface area contributed by atoms with Crippen molar-refractivity contribution in [1.29, 1.82) is 0 Å². The number of carbonyl (C=O) groups is 1. The summed E-state index contributed by atoms with van der Waals surface area (Å²) in [4.78, 5) is 13.3. The van der Waals surface area contributed by atoms with E-state index in [0.29, 0.717) is 12.5 Å². The molecule has 0 N–H and O–H groups in total. The normalized spacial score (nSPS) is 14.7. The van der Waals surface area contributed by atoms with Crippen LogP contribution in [0.15, 0.2) is 0 Å². The topological polar surface area (TPSA) is 29.5 Å². The summed E-state index contributed by atoms with van der Waals surface area (Å²) in [7, 11) is 0. The van der Waals surface area contributed by atoms with Crippen LogP contribution in [0.3, 0.4) is 0 Å². The van der Waals surface area contributed by atoms with Crippen LogP contribution in [-0.4, -0.2) is 43.5 Å². The molecule has 5 heteroatoms. The third-order valence-electron chi connectivity index (χ3n) is 2.51. The number of rotatable bonds is 8. The summed E-state index contributed by atoms with van der Waals surface area (Å²) in [5, 5.41) is 0. The molecule has 1 aliphatic carbocycles. The summed E-state index contributed by atoms with van der Waals surface area (Å²) in [6, 6.07) is 0. The monoisotopic (exact) mass is 245 g/mol. The molecule has 0 spiro atoms. The molecule has 0 aromatic carbocycles. The summed E-state index contributed by atoms with van der Waals surface area (Å²) >= 11 is 0. The van der Waals surface area contributed by atoms with E-state index in [4.69, 9.17) is 6.42 Å². The van der Waals surface area contributed by atoms with Gasteiger partial charge in [0.15, 0.2) is 0 Å². The van der Waals surface area contributed by atoms with E-state index in [2.05, 4.69) is 10.7 Å². The first kappa shape index (κ1) is 13.9. The standard InChI is InChI=1S/C12H17F2NO2/c1-2-6-15(8-10-3-4-10)12(16)5-7-17-9-11(13)14/h1,10-11H,3-9H2. The fourth-order valence-electron chi connectivity index (χ4n) is 1.47. The molecule has 1 rings (SSSR count). The smallest absolute Gasteiger partial charge is 0.261 e. The quantitative estimate of drug-likeness (QED) is 0.479. The number of nitrogens with zero attached hydrogens (tertiary/aromatic N) is 1. The lowest BCUT2D eigenvalue weighted by Gasteiger charge is -2.19. The number of alkyl halides is 2. The van der Waals surface area contributed by atoms with Crippen LogP contribution in [0.1, 0.15) is 19.3 Å². The van der Waals surface area contributed by atoms with Gasteiger partial charge in [0.2, 0.25) is 5.91 Å². The first-order chi connectivity index (χ1) is 8.13. The molecule has 0 radical (unpaired) electrons. The Morgan fingerprint density at radius 1 is 1.53 bits per heavy atom. The molecular formula is C12H17F2NO2. The molecule has 0 saturated heterocycles. The Morgan fingerprint density at radius 3 is 2.76 bits per heavy atom. The van der Waals surface area contributed by atoms with Crippen LogP contribution in [0.25, 0.3) is 0 Å². The van der Waals surface area contributed by atoms with E-state index >= 15 is 0 Å². The minimum Gasteiger partial charge on any atom is -0.375 e. The van der Waals surface area contributed by atoms with Crippen molar-refractivity contribution in [2.75, 3.05) is 26.3 Å². The van der Waals surface area contributed by atoms with Crippen LogP contribution < -0.4 is 0 Å². The van der Waals surface area contributed by atoms with Gasteiger partial charge in [-0.1, -0.05) is 5.92 Å². The average molecular weight is 245 g/mol. The van der Waals surface area contributed by atoms with Gasteiger partial charge < -0.3 is 9.64 Å². The predicted octanol–water partition coefficient (Wildman–Crippen LogP) is 1.53. The summed E-state index contributed by atoms with van der Waals surface area (Å²) < 4.78 is 28.2. The molecule has 1 saturated carbocycles. The van der Waals surface area contributed by atoms with E-state index in [-0.39, 0.29) is 25.5 Å². The molecule has 0 aromatic heterocycles. The fraction of sp³-hybridized carbons (Fsp3) is 0.750. The third-order valence-corrected chi connectivity index (χ3v) is 2.51. The van der Waals surface area contributed by atoms with Crippen molar-refractivity contribution < 1.29 is 18.3 Å². The lowest BCUT2D eigenvalue weighted by molar-refractivity contribution is -0.132. The Balaban J connectivity index is 2.19. The van der Waals surface area contributed by atoms with E-state index in [1.807, 2.05) is 0 Å². The van der Waals surface area contributed by atoms with Gasteiger partial charge in [0.05, 0.1) is 19.6 Å². The summed E-state index contributed by atoms with van der Waals surface area (Å²) in [6.45, 7) is 0.363. The van der Waals surface area contributed by atoms with Crippen molar-refractivity contribution in [3.8, 4) is 12.3 Å². The van der Waals surface area contributed by atoms with Gasteiger partial charge >= 0.3 is 0 Å². The highest BCUT2D eigenvalue weighted by atomic mass is 19.3. The van der Waals surface area contributed by atoms with Gasteiger partial charge in [0.1, 0.15) is 6.61 Å². The first-order valence-corrected chi connectivity index (χ1v) is 5.70. The van der Waals surface area contributed by atoms with Crippen molar-refractivity contribution in [1.82, 2.24) is 4.90 Å².